The summed E-state index contributed by atoms with van der Waals surface area (Å²) in [5.74, 6) is -0.101. The summed E-state index contributed by atoms with van der Waals surface area (Å²) in [5, 5.41) is 0.875. The Bertz CT molecular complexity index is 1050. The molecule has 0 radical (unpaired) electrons. The molecule has 0 spiro atoms. The van der Waals surface area contributed by atoms with Crippen LogP contribution in [0.4, 0.5) is 0 Å². The van der Waals surface area contributed by atoms with Gasteiger partial charge in [0.15, 0.2) is 0 Å². The van der Waals surface area contributed by atoms with E-state index in [2.05, 4.69) is 9.97 Å². The third-order valence-corrected chi connectivity index (χ3v) is 6.99. The number of benzene rings is 1. The predicted octanol–water partition coefficient (Wildman–Crippen LogP) is 2.26. The number of fused-ring (bicyclic) bond motifs is 3. The lowest BCUT2D eigenvalue weighted by Crippen LogP contribution is -2.42. The van der Waals surface area contributed by atoms with Gasteiger partial charge in [-0.25, -0.2) is 4.98 Å². The van der Waals surface area contributed by atoms with Gasteiger partial charge >= 0.3 is 0 Å². The fourth-order valence-corrected chi connectivity index (χ4v) is 5.75. The van der Waals surface area contributed by atoms with Crippen molar-refractivity contribution in [3.05, 3.63) is 47.0 Å². The molecule has 0 amide bonds. The van der Waals surface area contributed by atoms with Gasteiger partial charge in [-0.2, -0.15) is 8.42 Å². The van der Waals surface area contributed by atoms with Crippen LogP contribution in [0.25, 0.3) is 10.9 Å². The molecule has 2 bridgehead atoms. The second-order valence-corrected chi connectivity index (χ2v) is 9.26. The summed E-state index contributed by atoms with van der Waals surface area (Å²) in [5.41, 5.74) is -0.748. The van der Waals surface area contributed by atoms with Crippen molar-refractivity contribution in [2.24, 2.45) is 16.7 Å². The Kier molecular flexibility index (Phi) is 4.90. The molecule has 8 heteroatoms. The maximum Gasteiger partial charge on any atom is 0.288 e. The lowest BCUT2D eigenvalue weighted by Gasteiger charge is -2.35. The number of carbonyl (C=O) groups is 1. The van der Waals surface area contributed by atoms with E-state index in [0.717, 1.165) is 11.8 Å². The van der Waals surface area contributed by atoms with E-state index in [9.17, 15) is 18.0 Å². The van der Waals surface area contributed by atoms with Gasteiger partial charge in [-0.05, 0) is 30.2 Å². The van der Waals surface area contributed by atoms with Crippen LogP contribution in [0.3, 0.4) is 0 Å². The first-order valence-electron chi connectivity index (χ1n) is 8.75. The van der Waals surface area contributed by atoms with E-state index in [1.807, 2.05) is 32.0 Å². The molecule has 2 saturated carbocycles. The standard InChI is InChI=1S/C10H16O4S.C9H6N2O/c1-9(2)7-3-4-10(9,8(11)5-7)6-15(12,13)14;12-9-6-10-5-7-3-1-2-4-8(7)11-9/h7H,3-6H2,1-2H3,(H,12,13,14);1-6H/t7?,10-;/m1./s1. The molecule has 0 aliphatic heterocycles. The first-order chi connectivity index (χ1) is 12.6. The van der Waals surface area contributed by atoms with Crippen molar-refractivity contribution in [1.29, 1.82) is 0 Å². The number of hydrogen-bond acceptors (Lipinski definition) is 6. The Balaban J connectivity index is 0.000000159. The summed E-state index contributed by atoms with van der Waals surface area (Å²) in [6.45, 7) is 3.89. The molecule has 7 nitrogen and oxygen atoms in total. The number of hydrogen-bond donors (Lipinski definition) is 1. The van der Waals surface area contributed by atoms with Crippen LogP contribution in [0.5, 0.6) is 0 Å². The Morgan fingerprint density at radius 2 is 1.89 bits per heavy atom. The van der Waals surface area contributed by atoms with Crippen molar-refractivity contribution < 1.29 is 17.8 Å². The van der Waals surface area contributed by atoms with E-state index in [1.165, 1.54) is 6.20 Å². The number of Topliss-reactive ketones (excluding diaryl/α,β-unsaturated/α-hetero) is 1. The predicted molar refractivity (Wildman–Crippen MR) is 101 cm³/mol. The van der Waals surface area contributed by atoms with Crippen molar-refractivity contribution >= 4 is 26.8 Å². The highest BCUT2D eigenvalue weighted by atomic mass is 32.2. The maximum absolute atomic E-state index is 11.9. The molecule has 1 heterocycles. The molecule has 2 atom stereocenters. The molecule has 2 aliphatic rings. The van der Waals surface area contributed by atoms with Gasteiger partial charge in [0.25, 0.3) is 15.7 Å². The Morgan fingerprint density at radius 3 is 2.48 bits per heavy atom. The van der Waals surface area contributed by atoms with Crippen LogP contribution in [0.1, 0.15) is 33.1 Å². The van der Waals surface area contributed by atoms with Gasteiger partial charge in [0, 0.05) is 18.0 Å². The summed E-state index contributed by atoms with van der Waals surface area (Å²) in [6.07, 6.45) is 4.81. The maximum atomic E-state index is 11.9. The zero-order chi connectivity index (χ0) is 19.9. The van der Waals surface area contributed by atoms with Crippen LogP contribution in [0, 0.1) is 16.7 Å². The molecular formula is C19H22N2O5S. The largest absolute Gasteiger partial charge is 0.299 e. The fraction of sp³-hybridized carbons (Fsp3) is 0.474. The minimum Gasteiger partial charge on any atom is -0.299 e. The number of ketones is 1. The Hall–Kier alpha value is -2.19. The van der Waals surface area contributed by atoms with Crippen LogP contribution < -0.4 is 5.56 Å². The molecule has 2 fully saturated rings. The molecule has 144 valence electrons. The van der Waals surface area contributed by atoms with Gasteiger partial charge in [-0.1, -0.05) is 32.0 Å². The fourth-order valence-electron chi connectivity index (χ4n) is 4.45. The SMILES string of the molecule is CC1(C)C2CC[C@@]1(CS(=O)(=O)O)C(=O)C2.O=c1cncc2ccccc2n1. The van der Waals surface area contributed by atoms with Crippen LogP contribution in [0.15, 0.2) is 41.5 Å². The molecule has 1 N–H and O–H groups in total. The highest BCUT2D eigenvalue weighted by Gasteiger charge is 2.65. The summed E-state index contributed by atoms with van der Waals surface area (Å²) in [6, 6.07) is 7.39. The highest BCUT2D eigenvalue weighted by molar-refractivity contribution is 7.85. The van der Waals surface area contributed by atoms with Crippen molar-refractivity contribution in [1.82, 2.24) is 9.97 Å². The monoisotopic (exact) mass is 390 g/mol. The molecule has 0 saturated heterocycles. The Morgan fingerprint density at radius 1 is 1.19 bits per heavy atom. The van der Waals surface area contributed by atoms with E-state index >= 15 is 0 Å². The van der Waals surface area contributed by atoms with Crippen molar-refractivity contribution in [2.75, 3.05) is 5.75 Å². The van der Waals surface area contributed by atoms with E-state index in [0.29, 0.717) is 18.4 Å². The van der Waals surface area contributed by atoms with Gasteiger partial charge in [0.1, 0.15) is 5.78 Å². The second kappa shape index (κ2) is 6.76. The number of nitrogens with zero attached hydrogens (tertiary/aromatic N) is 2. The number of rotatable bonds is 2. The normalized spacial score (nSPS) is 25.9. The number of para-hydroxylation sites is 1. The number of aromatic nitrogens is 2. The molecule has 27 heavy (non-hydrogen) atoms. The molecule has 2 aromatic rings. The van der Waals surface area contributed by atoms with Gasteiger partial charge in [0.2, 0.25) is 0 Å². The zero-order valence-corrected chi connectivity index (χ0v) is 16.1. The zero-order valence-electron chi connectivity index (χ0n) is 15.3. The lowest BCUT2D eigenvalue weighted by molar-refractivity contribution is -0.128. The molecule has 1 aromatic carbocycles. The molecular weight excluding hydrogens is 368 g/mol. The average Bonchev–Trinajstić information content (AvgIpc) is 2.81. The summed E-state index contributed by atoms with van der Waals surface area (Å²) in [7, 11) is -4.08. The lowest BCUT2D eigenvalue weighted by atomic mass is 9.70. The van der Waals surface area contributed by atoms with Crippen molar-refractivity contribution in [2.45, 2.75) is 33.1 Å². The van der Waals surface area contributed by atoms with Crippen LogP contribution >= 0.6 is 0 Å². The van der Waals surface area contributed by atoms with E-state index in [4.69, 9.17) is 4.55 Å². The summed E-state index contributed by atoms with van der Waals surface area (Å²) >= 11 is 0. The van der Waals surface area contributed by atoms with Gasteiger partial charge in [0.05, 0.1) is 22.9 Å². The minimum atomic E-state index is -4.08. The first-order valence-corrected chi connectivity index (χ1v) is 10.4. The van der Waals surface area contributed by atoms with Gasteiger partial charge < -0.3 is 0 Å². The smallest absolute Gasteiger partial charge is 0.288 e. The summed E-state index contributed by atoms with van der Waals surface area (Å²) < 4.78 is 31.0. The van der Waals surface area contributed by atoms with E-state index in [-0.39, 0.29) is 22.7 Å². The number of carbonyl (C=O) groups excluding carboxylic acids is 1. The topological polar surface area (TPSA) is 114 Å². The minimum absolute atomic E-state index is 0.0152. The van der Waals surface area contributed by atoms with E-state index < -0.39 is 21.3 Å². The van der Waals surface area contributed by atoms with Crippen molar-refractivity contribution in [3.8, 4) is 0 Å². The van der Waals surface area contributed by atoms with Gasteiger partial charge in [-0.3, -0.25) is 19.1 Å². The quantitative estimate of drug-likeness (QED) is 0.782. The van der Waals surface area contributed by atoms with Crippen molar-refractivity contribution in [3.63, 3.8) is 0 Å². The Labute approximate surface area is 157 Å². The molecule has 1 unspecified atom stereocenters. The van der Waals surface area contributed by atoms with Crippen LogP contribution in [0.2, 0.25) is 0 Å². The molecule has 2 aliphatic carbocycles. The molecule has 1 aromatic heterocycles. The third kappa shape index (κ3) is 3.64. The highest BCUT2D eigenvalue weighted by Crippen LogP contribution is 2.64. The summed E-state index contributed by atoms with van der Waals surface area (Å²) in [4.78, 5) is 30.4. The van der Waals surface area contributed by atoms with E-state index in [1.54, 1.807) is 12.3 Å². The van der Waals surface area contributed by atoms with Gasteiger partial charge in [-0.15, -0.1) is 0 Å². The third-order valence-electron chi connectivity index (χ3n) is 6.13. The van der Waals surface area contributed by atoms with Crippen LogP contribution in [-0.2, 0) is 14.9 Å². The average molecular weight is 390 g/mol. The first kappa shape index (κ1) is 19.6. The molecule has 4 rings (SSSR count). The van der Waals surface area contributed by atoms with Crippen LogP contribution in [-0.4, -0.2) is 34.5 Å². The second-order valence-electron chi connectivity index (χ2n) is 7.81.